The van der Waals surface area contributed by atoms with Crippen LogP contribution in [0.4, 0.5) is 5.69 Å². The highest BCUT2D eigenvalue weighted by Gasteiger charge is 2.25. The Bertz CT molecular complexity index is 899. The lowest BCUT2D eigenvalue weighted by atomic mass is 10.0. The molecule has 2 aromatic rings. The van der Waals surface area contributed by atoms with Crippen LogP contribution in [-0.4, -0.2) is 40.9 Å². The van der Waals surface area contributed by atoms with Gasteiger partial charge in [-0.05, 0) is 36.7 Å². The highest BCUT2D eigenvalue weighted by molar-refractivity contribution is 7.98. The predicted molar refractivity (Wildman–Crippen MR) is 130 cm³/mol. The summed E-state index contributed by atoms with van der Waals surface area (Å²) in [4.78, 5) is 18.6. The molecule has 6 nitrogen and oxygen atoms in total. The van der Waals surface area contributed by atoms with Crippen LogP contribution in [0.3, 0.4) is 0 Å². The number of esters is 1. The van der Waals surface area contributed by atoms with Crippen molar-refractivity contribution >= 4 is 37.8 Å². The summed E-state index contributed by atoms with van der Waals surface area (Å²) in [5, 5.41) is 0. The van der Waals surface area contributed by atoms with E-state index in [-0.39, 0.29) is 6.79 Å². The zero-order chi connectivity index (χ0) is 22.9. The molecule has 0 aliphatic rings. The van der Waals surface area contributed by atoms with Crippen molar-refractivity contribution in [3.8, 4) is 5.75 Å². The van der Waals surface area contributed by atoms with Crippen molar-refractivity contribution in [1.82, 2.24) is 0 Å². The normalized spacial score (nSPS) is 11.6. The van der Waals surface area contributed by atoms with Crippen LogP contribution < -0.4 is 10.5 Å². The molecule has 0 saturated heterocycles. The van der Waals surface area contributed by atoms with Crippen molar-refractivity contribution in [2.24, 2.45) is 10.7 Å². The molecule has 0 saturated carbocycles. The number of nitrogens with two attached hydrogens (primary N) is 1. The molecular weight excluding hydrogens is 428 g/mol. The first-order valence-electron chi connectivity index (χ1n) is 10.1. The van der Waals surface area contributed by atoms with Gasteiger partial charge in [-0.25, -0.2) is 9.79 Å². The zero-order valence-corrected chi connectivity index (χ0v) is 20.8. The summed E-state index contributed by atoms with van der Waals surface area (Å²) in [6.45, 7) is 9.06. The Morgan fingerprint density at radius 3 is 2.55 bits per heavy atom. The van der Waals surface area contributed by atoms with Gasteiger partial charge in [-0.3, -0.25) is 0 Å². The predicted octanol–water partition coefficient (Wildman–Crippen LogP) is 5.38. The molecule has 0 spiro atoms. The minimum atomic E-state index is -1.34. The SMILES string of the molecule is COCOc1cc(C)c(N=CN)c(CSc2ccccc2)c1C(=O)OCC[Si](C)(C)C. The largest absolute Gasteiger partial charge is 0.467 e. The number of hydrogen-bond acceptors (Lipinski definition) is 6. The number of ether oxygens (including phenoxy) is 3. The average Bonchev–Trinajstić information content (AvgIpc) is 2.72. The van der Waals surface area contributed by atoms with Crippen LogP contribution >= 0.6 is 11.8 Å². The standard InChI is InChI=1S/C23H32N2O4SSi/c1-17-13-20(29-16-27-2)21(23(26)28-11-12-31(3,4)5)19(22(17)25-15-24)14-30-18-9-7-6-8-10-18/h6-10,13,15H,11-12,14,16H2,1-5H3,(H2,24,25). The smallest absolute Gasteiger partial charge is 0.342 e. The van der Waals surface area contributed by atoms with Gasteiger partial charge in [0.15, 0.2) is 6.79 Å². The van der Waals surface area contributed by atoms with E-state index in [0.29, 0.717) is 29.4 Å². The van der Waals surface area contributed by atoms with Crippen LogP contribution in [0.15, 0.2) is 46.3 Å². The molecule has 0 atom stereocenters. The second-order valence-electron chi connectivity index (χ2n) is 8.27. The Kier molecular flexibility index (Phi) is 9.61. The Morgan fingerprint density at radius 1 is 1.23 bits per heavy atom. The minimum Gasteiger partial charge on any atom is -0.467 e. The monoisotopic (exact) mass is 460 g/mol. The highest BCUT2D eigenvalue weighted by atomic mass is 32.2. The first-order valence-corrected chi connectivity index (χ1v) is 14.8. The maximum atomic E-state index is 13.2. The van der Waals surface area contributed by atoms with E-state index in [1.807, 2.05) is 37.3 Å². The summed E-state index contributed by atoms with van der Waals surface area (Å²) in [7, 11) is 0.202. The van der Waals surface area contributed by atoms with E-state index < -0.39 is 14.0 Å². The van der Waals surface area contributed by atoms with Crippen molar-refractivity contribution < 1.29 is 19.0 Å². The number of rotatable bonds is 11. The molecule has 0 fully saturated rings. The van der Waals surface area contributed by atoms with Gasteiger partial charge in [0.25, 0.3) is 0 Å². The number of thioether (sulfide) groups is 1. The van der Waals surface area contributed by atoms with Gasteiger partial charge in [-0.2, -0.15) is 0 Å². The number of carbonyl (C=O) groups is 1. The Labute approximate surface area is 190 Å². The van der Waals surface area contributed by atoms with E-state index in [1.165, 1.54) is 13.4 Å². The van der Waals surface area contributed by atoms with Crippen LogP contribution in [0.25, 0.3) is 0 Å². The van der Waals surface area contributed by atoms with Crippen molar-refractivity contribution in [2.45, 2.75) is 43.3 Å². The zero-order valence-electron chi connectivity index (χ0n) is 18.9. The van der Waals surface area contributed by atoms with Gasteiger partial charge in [-0.1, -0.05) is 37.8 Å². The fourth-order valence-electron chi connectivity index (χ4n) is 2.89. The molecular formula is C23H32N2O4SSi. The minimum absolute atomic E-state index is 0.0272. The number of benzene rings is 2. The number of aliphatic imine (C=N–C) groups is 1. The third kappa shape index (κ3) is 7.72. The van der Waals surface area contributed by atoms with Gasteiger partial charge in [0, 0.05) is 31.4 Å². The Balaban J connectivity index is 2.47. The summed E-state index contributed by atoms with van der Waals surface area (Å²) >= 11 is 1.61. The van der Waals surface area contributed by atoms with Crippen LogP contribution in [-0.2, 0) is 15.2 Å². The Morgan fingerprint density at radius 2 is 1.94 bits per heavy atom. The van der Waals surface area contributed by atoms with Crippen molar-refractivity contribution in [1.29, 1.82) is 0 Å². The summed E-state index contributed by atoms with van der Waals surface area (Å²) in [6, 6.07) is 12.7. The van der Waals surface area contributed by atoms with Crippen LogP contribution in [0, 0.1) is 6.92 Å². The second kappa shape index (κ2) is 11.9. The highest BCUT2D eigenvalue weighted by Crippen LogP contribution is 2.38. The topological polar surface area (TPSA) is 83.1 Å². The van der Waals surface area contributed by atoms with Gasteiger partial charge in [-0.15, -0.1) is 11.8 Å². The number of hydrogen-bond donors (Lipinski definition) is 1. The molecule has 0 amide bonds. The van der Waals surface area contributed by atoms with E-state index in [0.717, 1.165) is 22.1 Å². The third-order valence-electron chi connectivity index (χ3n) is 4.51. The van der Waals surface area contributed by atoms with Crippen LogP contribution in [0.5, 0.6) is 5.75 Å². The second-order valence-corrected chi connectivity index (χ2v) is 14.9. The quantitative estimate of drug-likeness (QED) is 0.121. The number of nitrogens with zero attached hydrogens (tertiary/aromatic N) is 1. The van der Waals surface area contributed by atoms with Gasteiger partial charge in [0.2, 0.25) is 0 Å². The molecule has 0 bridgehead atoms. The van der Waals surface area contributed by atoms with Crippen molar-refractivity contribution in [3.63, 3.8) is 0 Å². The van der Waals surface area contributed by atoms with Crippen molar-refractivity contribution in [2.75, 3.05) is 20.5 Å². The number of carbonyl (C=O) groups excluding carboxylic acids is 1. The molecule has 0 unspecified atom stereocenters. The molecule has 8 heteroatoms. The van der Waals surface area contributed by atoms with Crippen molar-refractivity contribution in [3.05, 3.63) is 53.1 Å². The molecule has 168 valence electrons. The van der Waals surface area contributed by atoms with E-state index in [9.17, 15) is 4.79 Å². The molecule has 2 N–H and O–H groups in total. The lowest BCUT2D eigenvalue weighted by Gasteiger charge is -2.20. The Hall–Kier alpha value is -2.29. The van der Waals surface area contributed by atoms with E-state index in [4.69, 9.17) is 19.9 Å². The van der Waals surface area contributed by atoms with Gasteiger partial charge in [0.1, 0.15) is 11.3 Å². The lowest BCUT2D eigenvalue weighted by Crippen LogP contribution is -2.23. The van der Waals surface area contributed by atoms with Gasteiger partial charge >= 0.3 is 5.97 Å². The van der Waals surface area contributed by atoms with Gasteiger partial charge in [0.05, 0.1) is 18.6 Å². The first-order chi connectivity index (χ1) is 14.8. The molecule has 0 heterocycles. The number of aryl methyl sites for hydroxylation is 1. The molecule has 2 rings (SSSR count). The van der Waals surface area contributed by atoms with E-state index in [2.05, 4.69) is 24.6 Å². The van der Waals surface area contributed by atoms with E-state index >= 15 is 0 Å². The van der Waals surface area contributed by atoms with Crippen LogP contribution in [0.1, 0.15) is 21.5 Å². The molecule has 31 heavy (non-hydrogen) atoms. The fourth-order valence-corrected chi connectivity index (χ4v) is 4.55. The fraction of sp³-hybridized carbons (Fsp3) is 0.391. The average molecular weight is 461 g/mol. The molecule has 0 aliphatic heterocycles. The lowest BCUT2D eigenvalue weighted by molar-refractivity contribution is 0.0436. The maximum absolute atomic E-state index is 13.2. The molecule has 0 aliphatic carbocycles. The van der Waals surface area contributed by atoms with Crippen LogP contribution in [0.2, 0.25) is 25.7 Å². The molecule has 0 aromatic heterocycles. The van der Waals surface area contributed by atoms with E-state index in [1.54, 1.807) is 17.8 Å². The summed E-state index contributed by atoms with van der Waals surface area (Å²) in [6.07, 6.45) is 1.25. The third-order valence-corrected chi connectivity index (χ3v) is 7.25. The first kappa shape index (κ1) is 25.0. The summed E-state index contributed by atoms with van der Waals surface area (Å²) in [5.74, 6) is 0.527. The summed E-state index contributed by atoms with van der Waals surface area (Å²) in [5.41, 5.74) is 8.25. The van der Waals surface area contributed by atoms with Gasteiger partial charge < -0.3 is 19.9 Å². The summed E-state index contributed by atoms with van der Waals surface area (Å²) < 4.78 is 16.5. The molecule has 2 aromatic carbocycles. The molecule has 0 radical (unpaired) electrons. The maximum Gasteiger partial charge on any atom is 0.342 e. The number of methoxy groups -OCH3 is 1.